The standard InChI is InChI=1S/C29H37F2N3O4Si/c1-28(2,3)39(4,5)38-29(13-15-36-16-14-29)25(34-27(35)37-19-20-9-7-6-8-10-20)26-32-18-24(33-26)22-17-21(30)11-12-23(22)31/h6-12,17-18,25H,13-16,19H2,1-5H3,(H,32,33)(H,34,35)/t25-/m0/s1. The first-order chi connectivity index (χ1) is 18.4. The van der Waals surface area contributed by atoms with Crippen LogP contribution < -0.4 is 5.32 Å². The number of amides is 1. The van der Waals surface area contributed by atoms with Crippen LogP contribution in [0.2, 0.25) is 18.1 Å². The molecule has 2 heterocycles. The van der Waals surface area contributed by atoms with Crippen molar-refractivity contribution in [1.29, 1.82) is 0 Å². The minimum Gasteiger partial charge on any atom is -0.445 e. The Morgan fingerprint density at radius 3 is 2.51 bits per heavy atom. The van der Waals surface area contributed by atoms with Crippen LogP contribution in [-0.4, -0.2) is 43.2 Å². The van der Waals surface area contributed by atoms with Crippen molar-refractivity contribution in [2.45, 2.75) is 70.0 Å². The predicted octanol–water partition coefficient (Wildman–Crippen LogP) is 6.89. The quantitative estimate of drug-likeness (QED) is 0.295. The molecule has 0 saturated carbocycles. The number of hydrogen-bond donors (Lipinski definition) is 2. The second-order valence-electron chi connectivity index (χ2n) is 11.5. The lowest BCUT2D eigenvalue weighted by Crippen LogP contribution is -2.58. The summed E-state index contributed by atoms with van der Waals surface area (Å²) < 4.78 is 46.8. The number of H-pyrrole nitrogens is 1. The summed E-state index contributed by atoms with van der Waals surface area (Å²) in [5, 5.41) is 2.90. The van der Waals surface area contributed by atoms with Gasteiger partial charge in [0.05, 0.1) is 17.5 Å². The molecule has 0 unspecified atom stereocenters. The van der Waals surface area contributed by atoms with Gasteiger partial charge in [-0.1, -0.05) is 51.1 Å². The highest BCUT2D eigenvalue weighted by Crippen LogP contribution is 2.46. The Morgan fingerprint density at radius 1 is 1.15 bits per heavy atom. The number of benzene rings is 2. The van der Waals surface area contributed by atoms with Gasteiger partial charge in [0, 0.05) is 31.6 Å². The molecular weight excluding hydrogens is 520 g/mol. The summed E-state index contributed by atoms with van der Waals surface area (Å²) in [6.45, 7) is 11.8. The molecule has 1 aromatic heterocycles. The van der Waals surface area contributed by atoms with Gasteiger partial charge in [0.1, 0.15) is 30.1 Å². The van der Waals surface area contributed by atoms with Crippen LogP contribution in [0.25, 0.3) is 11.3 Å². The summed E-state index contributed by atoms with van der Waals surface area (Å²) >= 11 is 0. The number of aromatic nitrogens is 2. The van der Waals surface area contributed by atoms with E-state index in [0.29, 0.717) is 37.6 Å². The van der Waals surface area contributed by atoms with Crippen LogP contribution in [0, 0.1) is 11.6 Å². The molecule has 1 amide bonds. The van der Waals surface area contributed by atoms with Crippen molar-refractivity contribution in [2.24, 2.45) is 0 Å². The minimum absolute atomic E-state index is 0.0468. The lowest BCUT2D eigenvalue weighted by atomic mass is 9.85. The summed E-state index contributed by atoms with van der Waals surface area (Å²) in [6, 6.07) is 11.9. The SMILES string of the molecule is CC(C)(C)[Si](C)(C)OC1([C@@H](NC(=O)OCc2ccccc2)c2ncc(-c3cc(F)ccc3F)[nH]2)CCOCC1. The van der Waals surface area contributed by atoms with E-state index in [1.807, 2.05) is 30.3 Å². The Morgan fingerprint density at radius 2 is 1.85 bits per heavy atom. The zero-order valence-electron chi connectivity index (χ0n) is 23.1. The first-order valence-electron chi connectivity index (χ1n) is 13.2. The third-order valence-corrected chi connectivity index (χ3v) is 12.2. The van der Waals surface area contributed by atoms with Gasteiger partial charge in [-0.3, -0.25) is 0 Å². The van der Waals surface area contributed by atoms with E-state index in [2.05, 4.69) is 49.1 Å². The molecule has 1 saturated heterocycles. The molecule has 7 nitrogen and oxygen atoms in total. The summed E-state index contributed by atoms with van der Waals surface area (Å²) in [5.74, 6) is -0.786. The maximum Gasteiger partial charge on any atom is 0.408 e. The summed E-state index contributed by atoms with van der Waals surface area (Å²) in [5.41, 5.74) is 0.332. The van der Waals surface area contributed by atoms with E-state index in [1.54, 1.807) is 0 Å². The number of aromatic amines is 1. The number of ether oxygens (including phenoxy) is 2. The number of nitrogens with zero attached hydrogens (tertiary/aromatic N) is 1. The first-order valence-corrected chi connectivity index (χ1v) is 16.1. The molecule has 0 bridgehead atoms. The maximum atomic E-state index is 14.6. The Labute approximate surface area is 229 Å². The van der Waals surface area contributed by atoms with E-state index in [-0.39, 0.29) is 17.2 Å². The van der Waals surface area contributed by atoms with Crippen molar-refractivity contribution in [1.82, 2.24) is 15.3 Å². The van der Waals surface area contributed by atoms with Gasteiger partial charge in [0.15, 0.2) is 8.32 Å². The number of carbonyl (C=O) groups is 1. The fourth-order valence-corrected chi connectivity index (χ4v) is 6.13. The third kappa shape index (κ3) is 6.74. The average Bonchev–Trinajstić information content (AvgIpc) is 3.37. The molecule has 2 aromatic carbocycles. The highest BCUT2D eigenvalue weighted by atomic mass is 28.4. The Kier molecular flexibility index (Phi) is 8.58. The molecule has 4 rings (SSSR count). The summed E-state index contributed by atoms with van der Waals surface area (Å²) in [7, 11) is -2.35. The van der Waals surface area contributed by atoms with Crippen molar-refractivity contribution < 1.29 is 27.5 Å². The van der Waals surface area contributed by atoms with Crippen LogP contribution in [0.5, 0.6) is 0 Å². The number of imidazole rings is 1. The van der Waals surface area contributed by atoms with Gasteiger partial charge in [-0.25, -0.2) is 18.6 Å². The monoisotopic (exact) mass is 557 g/mol. The Balaban J connectivity index is 1.71. The fourth-order valence-electron chi connectivity index (χ4n) is 4.48. The van der Waals surface area contributed by atoms with Crippen LogP contribution in [0.4, 0.5) is 13.6 Å². The number of alkyl carbamates (subject to hydrolysis) is 1. The first kappa shape index (κ1) is 28.9. The number of nitrogens with one attached hydrogen (secondary N) is 2. The lowest BCUT2D eigenvalue weighted by molar-refractivity contribution is -0.0774. The Bertz CT molecular complexity index is 1270. The smallest absolute Gasteiger partial charge is 0.408 e. The molecule has 2 N–H and O–H groups in total. The van der Waals surface area contributed by atoms with Gasteiger partial charge in [-0.2, -0.15) is 0 Å². The molecule has 0 aliphatic carbocycles. The normalized spacial score (nSPS) is 16.5. The van der Waals surface area contributed by atoms with E-state index < -0.39 is 37.7 Å². The van der Waals surface area contributed by atoms with Crippen LogP contribution in [0.1, 0.15) is 51.0 Å². The molecular formula is C29H37F2N3O4Si. The lowest BCUT2D eigenvalue weighted by Gasteiger charge is -2.50. The molecule has 210 valence electrons. The molecule has 1 fully saturated rings. The molecule has 10 heteroatoms. The summed E-state index contributed by atoms with van der Waals surface area (Å²) in [4.78, 5) is 20.8. The van der Waals surface area contributed by atoms with Crippen LogP contribution in [0.15, 0.2) is 54.7 Å². The van der Waals surface area contributed by atoms with E-state index >= 15 is 0 Å². The zero-order valence-corrected chi connectivity index (χ0v) is 24.1. The van der Waals surface area contributed by atoms with Crippen LogP contribution >= 0.6 is 0 Å². The van der Waals surface area contributed by atoms with Gasteiger partial charge in [-0.05, 0) is 41.9 Å². The third-order valence-electron chi connectivity index (χ3n) is 7.69. The highest BCUT2D eigenvalue weighted by molar-refractivity contribution is 6.74. The summed E-state index contributed by atoms with van der Waals surface area (Å²) in [6.07, 6.45) is 1.82. The van der Waals surface area contributed by atoms with Crippen molar-refractivity contribution in [3.63, 3.8) is 0 Å². The molecule has 1 aliphatic heterocycles. The van der Waals surface area contributed by atoms with Crippen LogP contribution in [0.3, 0.4) is 0 Å². The largest absolute Gasteiger partial charge is 0.445 e. The second kappa shape index (κ2) is 11.6. The van der Waals surface area contributed by atoms with E-state index in [9.17, 15) is 13.6 Å². The van der Waals surface area contributed by atoms with E-state index in [4.69, 9.17) is 13.9 Å². The zero-order chi connectivity index (χ0) is 28.3. The number of halogens is 2. The fraction of sp³-hybridized carbons (Fsp3) is 0.448. The molecule has 3 aromatic rings. The predicted molar refractivity (Wildman–Crippen MR) is 148 cm³/mol. The van der Waals surface area contributed by atoms with Crippen molar-refractivity contribution >= 4 is 14.4 Å². The van der Waals surface area contributed by atoms with Gasteiger partial charge in [0.25, 0.3) is 0 Å². The van der Waals surface area contributed by atoms with Gasteiger partial charge in [-0.15, -0.1) is 0 Å². The molecule has 0 spiro atoms. The number of rotatable bonds is 8. The van der Waals surface area contributed by atoms with Crippen molar-refractivity contribution in [2.75, 3.05) is 13.2 Å². The topological polar surface area (TPSA) is 85.5 Å². The molecule has 1 atom stereocenters. The van der Waals surface area contributed by atoms with Crippen molar-refractivity contribution in [3.8, 4) is 11.3 Å². The van der Waals surface area contributed by atoms with Gasteiger partial charge < -0.3 is 24.2 Å². The maximum absolute atomic E-state index is 14.6. The highest BCUT2D eigenvalue weighted by Gasteiger charge is 2.51. The molecule has 1 aliphatic rings. The van der Waals surface area contributed by atoms with Gasteiger partial charge >= 0.3 is 6.09 Å². The van der Waals surface area contributed by atoms with Crippen molar-refractivity contribution in [3.05, 3.63) is 77.8 Å². The molecule has 0 radical (unpaired) electrons. The average molecular weight is 558 g/mol. The number of hydrogen-bond acceptors (Lipinski definition) is 5. The van der Waals surface area contributed by atoms with E-state index in [0.717, 1.165) is 23.8 Å². The van der Waals surface area contributed by atoms with Gasteiger partial charge in [0.2, 0.25) is 0 Å². The van der Waals surface area contributed by atoms with Crippen LogP contribution in [-0.2, 0) is 20.5 Å². The van der Waals surface area contributed by atoms with E-state index in [1.165, 1.54) is 6.20 Å². The molecule has 39 heavy (non-hydrogen) atoms. The minimum atomic E-state index is -2.35. The number of carbonyl (C=O) groups excluding carboxylic acids is 1. The Hall–Kier alpha value is -3.08. The second-order valence-corrected chi connectivity index (χ2v) is 16.2.